The largest absolute Gasteiger partial charge is 0.492 e. The van der Waals surface area contributed by atoms with Crippen molar-refractivity contribution in [2.24, 2.45) is 16.6 Å². The molecule has 2 saturated heterocycles. The van der Waals surface area contributed by atoms with Gasteiger partial charge in [0, 0.05) is 55.9 Å². The van der Waals surface area contributed by atoms with Crippen LogP contribution in [-0.4, -0.2) is 65.5 Å². The number of hydrogen-bond donors (Lipinski definition) is 2. The highest BCUT2D eigenvalue weighted by molar-refractivity contribution is 6.09. The molecule has 1 amide bonds. The monoisotopic (exact) mass is 421 g/mol. The number of nitrogens with one attached hydrogen (secondary N) is 1. The molecule has 4 rings (SSSR count). The first kappa shape index (κ1) is 20.9. The van der Waals surface area contributed by atoms with Crippen LogP contribution < -0.4 is 15.8 Å². The SMILES string of the molecule is CCOc1cc(C(C=NC2CCN(C(=O)C3CNC3)CC2)=CN)cn2ncc(C#N)c12. The van der Waals surface area contributed by atoms with Gasteiger partial charge in [0.2, 0.25) is 5.91 Å². The maximum Gasteiger partial charge on any atom is 0.228 e. The van der Waals surface area contributed by atoms with E-state index in [0.717, 1.165) is 50.2 Å². The van der Waals surface area contributed by atoms with Crippen LogP contribution in [0.3, 0.4) is 0 Å². The van der Waals surface area contributed by atoms with E-state index in [4.69, 9.17) is 15.5 Å². The lowest BCUT2D eigenvalue weighted by molar-refractivity contribution is -0.138. The average molecular weight is 422 g/mol. The minimum atomic E-state index is 0.144. The van der Waals surface area contributed by atoms with E-state index in [1.54, 1.807) is 10.7 Å². The first-order valence-corrected chi connectivity index (χ1v) is 10.6. The highest BCUT2D eigenvalue weighted by Gasteiger charge is 2.31. The number of rotatable bonds is 6. The van der Waals surface area contributed by atoms with E-state index < -0.39 is 0 Å². The lowest BCUT2D eigenvalue weighted by atomic mass is 9.98. The molecule has 162 valence electrons. The third kappa shape index (κ3) is 4.25. The molecule has 9 heteroatoms. The molecule has 0 atom stereocenters. The summed E-state index contributed by atoms with van der Waals surface area (Å²) in [7, 11) is 0. The maximum absolute atomic E-state index is 12.4. The molecule has 2 aliphatic heterocycles. The van der Waals surface area contributed by atoms with E-state index in [1.165, 1.54) is 12.4 Å². The number of carbonyl (C=O) groups is 1. The zero-order chi connectivity index (χ0) is 21.8. The van der Waals surface area contributed by atoms with Gasteiger partial charge in [-0.25, -0.2) is 4.52 Å². The number of likely N-dealkylation sites (tertiary alicyclic amines) is 1. The summed E-state index contributed by atoms with van der Waals surface area (Å²) in [5, 5.41) is 16.8. The molecule has 0 unspecified atom stereocenters. The standard InChI is InChI=1S/C22H27N7O2/c1-2-31-20-7-15(14-29-21(20)17(9-24)13-27-29)16(8-23)12-26-19-3-5-28(6-4-19)22(30)18-10-25-11-18/h7-8,12-14,18-19,25H,2-6,10-11,23H2,1H3. The van der Waals surface area contributed by atoms with Crippen molar-refractivity contribution >= 4 is 23.2 Å². The fraction of sp³-hybridized carbons (Fsp3) is 0.455. The van der Waals surface area contributed by atoms with Gasteiger partial charge in [-0.2, -0.15) is 10.4 Å². The van der Waals surface area contributed by atoms with Crippen LogP contribution in [0.1, 0.15) is 30.9 Å². The van der Waals surface area contributed by atoms with Gasteiger partial charge in [-0.15, -0.1) is 0 Å². The van der Waals surface area contributed by atoms with E-state index in [0.29, 0.717) is 23.4 Å². The number of pyridine rings is 1. The van der Waals surface area contributed by atoms with Crippen molar-refractivity contribution < 1.29 is 9.53 Å². The van der Waals surface area contributed by atoms with Gasteiger partial charge in [0.15, 0.2) is 0 Å². The van der Waals surface area contributed by atoms with E-state index in [1.807, 2.05) is 24.1 Å². The molecule has 0 aromatic carbocycles. The number of nitrogens with zero attached hydrogens (tertiary/aromatic N) is 5. The summed E-state index contributed by atoms with van der Waals surface area (Å²) in [5.41, 5.74) is 8.55. The number of aromatic nitrogens is 2. The molecule has 2 fully saturated rings. The molecule has 0 bridgehead atoms. The summed E-state index contributed by atoms with van der Waals surface area (Å²) < 4.78 is 7.39. The molecule has 0 spiro atoms. The molecule has 2 aromatic rings. The molecule has 4 heterocycles. The summed E-state index contributed by atoms with van der Waals surface area (Å²) in [6.07, 6.45) is 8.32. The van der Waals surface area contributed by atoms with E-state index in [2.05, 4.69) is 16.5 Å². The topological polar surface area (TPSA) is 121 Å². The summed E-state index contributed by atoms with van der Waals surface area (Å²) in [6, 6.07) is 4.16. The second kappa shape index (κ2) is 9.18. The van der Waals surface area contributed by atoms with Crippen molar-refractivity contribution in [3.63, 3.8) is 0 Å². The molecule has 0 saturated carbocycles. The van der Waals surface area contributed by atoms with Gasteiger partial charge in [0.05, 0.1) is 24.8 Å². The number of ether oxygens (including phenoxy) is 1. The third-order valence-electron chi connectivity index (χ3n) is 5.84. The molecule has 3 N–H and O–H groups in total. The summed E-state index contributed by atoms with van der Waals surface area (Å²) in [6.45, 7) is 5.43. The van der Waals surface area contributed by atoms with Crippen LogP contribution in [0.2, 0.25) is 0 Å². The Labute approximate surface area is 181 Å². The summed E-state index contributed by atoms with van der Waals surface area (Å²) in [5.74, 6) is 0.987. The lowest BCUT2D eigenvalue weighted by Crippen LogP contribution is -2.53. The second-order valence-corrected chi connectivity index (χ2v) is 7.80. The van der Waals surface area contributed by atoms with Gasteiger partial charge in [0.25, 0.3) is 0 Å². The Morgan fingerprint density at radius 2 is 2.23 bits per heavy atom. The molecular weight excluding hydrogens is 394 g/mol. The van der Waals surface area contributed by atoms with E-state index >= 15 is 0 Å². The Hall–Kier alpha value is -3.38. The van der Waals surface area contributed by atoms with Crippen molar-refractivity contribution in [2.45, 2.75) is 25.8 Å². The van der Waals surface area contributed by atoms with Gasteiger partial charge >= 0.3 is 0 Å². The minimum Gasteiger partial charge on any atom is -0.492 e. The molecular formula is C22H27N7O2. The molecule has 2 aromatic heterocycles. The number of fused-ring (bicyclic) bond motifs is 1. The number of allylic oxidation sites excluding steroid dienone is 1. The summed E-state index contributed by atoms with van der Waals surface area (Å²) in [4.78, 5) is 19.1. The first-order chi connectivity index (χ1) is 15.1. The predicted octanol–water partition coefficient (Wildman–Crippen LogP) is 1.19. The molecule has 2 aliphatic rings. The number of carbonyl (C=O) groups excluding carboxylic acids is 1. The quantitative estimate of drug-likeness (QED) is 0.676. The molecule has 0 aliphatic carbocycles. The van der Waals surface area contributed by atoms with Crippen LogP contribution in [-0.2, 0) is 4.79 Å². The van der Waals surface area contributed by atoms with Gasteiger partial charge < -0.3 is 20.7 Å². The van der Waals surface area contributed by atoms with Crippen LogP contribution in [0.15, 0.2) is 29.7 Å². The number of hydrogen-bond acceptors (Lipinski definition) is 7. The van der Waals surface area contributed by atoms with Crippen LogP contribution in [0.25, 0.3) is 11.1 Å². The number of aliphatic imine (C=N–C) groups is 1. The highest BCUT2D eigenvalue weighted by Crippen LogP contribution is 2.27. The van der Waals surface area contributed by atoms with Crippen molar-refractivity contribution in [3.8, 4) is 11.8 Å². The Bertz CT molecular complexity index is 1050. The Morgan fingerprint density at radius 3 is 2.84 bits per heavy atom. The van der Waals surface area contributed by atoms with Gasteiger partial charge in [-0.1, -0.05) is 0 Å². The molecule has 31 heavy (non-hydrogen) atoms. The highest BCUT2D eigenvalue weighted by atomic mass is 16.5. The van der Waals surface area contributed by atoms with Crippen LogP contribution in [0.4, 0.5) is 0 Å². The second-order valence-electron chi connectivity index (χ2n) is 7.80. The zero-order valence-electron chi connectivity index (χ0n) is 17.6. The number of amides is 1. The normalized spacial score (nSPS) is 18.3. The van der Waals surface area contributed by atoms with Crippen molar-refractivity contribution in [2.75, 3.05) is 32.8 Å². The number of nitrogens with two attached hydrogens (primary N) is 1. The maximum atomic E-state index is 12.4. The van der Waals surface area contributed by atoms with Crippen molar-refractivity contribution in [1.29, 1.82) is 5.26 Å². The third-order valence-corrected chi connectivity index (χ3v) is 5.84. The van der Waals surface area contributed by atoms with Crippen molar-refractivity contribution in [3.05, 3.63) is 35.8 Å². The lowest BCUT2D eigenvalue weighted by Gasteiger charge is -2.36. The Kier molecular flexibility index (Phi) is 6.18. The first-order valence-electron chi connectivity index (χ1n) is 10.6. The summed E-state index contributed by atoms with van der Waals surface area (Å²) >= 11 is 0. The van der Waals surface area contributed by atoms with Gasteiger partial charge in [-0.05, 0) is 25.8 Å². The molecule has 0 radical (unpaired) electrons. The van der Waals surface area contributed by atoms with Gasteiger partial charge in [-0.3, -0.25) is 9.79 Å². The van der Waals surface area contributed by atoms with Crippen molar-refractivity contribution in [1.82, 2.24) is 19.8 Å². The van der Waals surface area contributed by atoms with Crippen LogP contribution >= 0.6 is 0 Å². The predicted molar refractivity (Wildman–Crippen MR) is 118 cm³/mol. The van der Waals surface area contributed by atoms with Crippen LogP contribution in [0, 0.1) is 17.2 Å². The van der Waals surface area contributed by atoms with Gasteiger partial charge in [0.1, 0.15) is 22.9 Å². The average Bonchev–Trinajstić information content (AvgIpc) is 3.17. The smallest absolute Gasteiger partial charge is 0.228 e. The fourth-order valence-corrected chi connectivity index (χ4v) is 3.95. The zero-order valence-corrected chi connectivity index (χ0v) is 17.6. The number of piperidine rings is 1. The fourth-order valence-electron chi connectivity index (χ4n) is 3.95. The minimum absolute atomic E-state index is 0.144. The molecule has 9 nitrogen and oxygen atoms in total. The van der Waals surface area contributed by atoms with E-state index in [9.17, 15) is 10.1 Å². The number of nitriles is 1. The van der Waals surface area contributed by atoms with Crippen LogP contribution in [0.5, 0.6) is 5.75 Å². The Balaban J connectivity index is 1.47. The Morgan fingerprint density at radius 1 is 1.45 bits per heavy atom. The van der Waals surface area contributed by atoms with E-state index in [-0.39, 0.29) is 17.9 Å².